The molecule has 0 radical (unpaired) electrons. The van der Waals surface area contributed by atoms with Crippen LogP contribution in [0, 0.1) is 5.41 Å². The van der Waals surface area contributed by atoms with Gasteiger partial charge in [0, 0.05) is 18.7 Å². The number of primary amides is 2. The van der Waals surface area contributed by atoms with Crippen LogP contribution in [0.3, 0.4) is 0 Å². The van der Waals surface area contributed by atoms with E-state index in [2.05, 4.69) is 0 Å². The number of nitrogens with zero attached hydrogens (tertiary/aromatic N) is 2. The zero-order chi connectivity index (χ0) is 22.6. The van der Waals surface area contributed by atoms with Gasteiger partial charge in [-0.15, -0.1) is 0 Å². The number of nitrogens with two attached hydrogens (primary N) is 2. The lowest BCUT2D eigenvalue weighted by molar-refractivity contribution is -0.137. The molecule has 0 saturated heterocycles. The van der Waals surface area contributed by atoms with Crippen molar-refractivity contribution in [1.82, 2.24) is 9.47 Å². The molecule has 0 aliphatic carbocycles. The molecule has 162 valence electrons. The number of amides is 3. The summed E-state index contributed by atoms with van der Waals surface area (Å²) in [6.45, 7) is 6.04. The average Bonchev–Trinajstić information content (AvgIpc) is 2.92. The molecule has 0 bridgehead atoms. The van der Waals surface area contributed by atoms with E-state index >= 15 is 0 Å². The Labute approximate surface area is 176 Å². The number of urea groups is 1. The summed E-state index contributed by atoms with van der Waals surface area (Å²) in [5.74, 6) is -0.848. The fourth-order valence-corrected chi connectivity index (χ4v) is 4.45. The van der Waals surface area contributed by atoms with Crippen molar-refractivity contribution in [2.75, 3.05) is 6.54 Å². The molecule has 1 aliphatic rings. The molecule has 3 rings (SSSR count). The lowest BCUT2D eigenvalue weighted by atomic mass is 9.81. The number of benzene rings is 1. The van der Waals surface area contributed by atoms with Crippen LogP contribution in [-0.4, -0.2) is 28.0 Å². The number of hydrogen-bond acceptors (Lipinski definition) is 2. The molecular formula is C20H22ClF3N4O2. The Morgan fingerprint density at radius 3 is 2.27 bits per heavy atom. The number of alkyl halides is 3. The number of hydrogen-bond donors (Lipinski definition) is 2. The average molecular weight is 443 g/mol. The van der Waals surface area contributed by atoms with Crippen molar-refractivity contribution in [1.29, 1.82) is 0 Å². The molecular weight excluding hydrogens is 421 g/mol. The molecule has 2 heterocycles. The molecule has 10 heteroatoms. The van der Waals surface area contributed by atoms with Gasteiger partial charge >= 0.3 is 12.2 Å². The molecule has 1 aromatic carbocycles. The first-order valence-corrected chi connectivity index (χ1v) is 9.58. The van der Waals surface area contributed by atoms with E-state index in [4.69, 9.17) is 23.1 Å². The topological polar surface area (TPSA) is 94.3 Å². The number of halogens is 4. The van der Waals surface area contributed by atoms with Crippen LogP contribution in [-0.2, 0) is 12.7 Å². The van der Waals surface area contributed by atoms with E-state index in [1.807, 2.05) is 20.8 Å². The van der Waals surface area contributed by atoms with Gasteiger partial charge in [-0.3, -0.25) is 4.79 Å². The van der Waals surface area contributed by atoms with Crippen LogP contribution in [0.1, 0.15) is 48.4 Å². The summed E-state index contributed by atoms with van der Waals surface area (Å²) in [6.07, 6.45) is -4.56. The fraction of sp³-hybridized carbons (Fsp3) is 0.400. The predicted molar refractivity (Wildman–Crippen MR) is 107 cm³/mol. The molecule has 1 atom stereocenters. The van der Waals surface area contributed by atoms with Gasteiger partial charge in [0.15, 0.2) is 0 Å². The van der Waals surface area contributed by atoms with E-state index in [0.717, 1.165) is 12.1 Å². The van der Waals surface area contributed by atoms with E-state index in [1.54, 1.807) is 4.57 Å². The lowest BCUT2D eigenvalue weighted by Crippen LogP contribution is -2.49. The Bertz CT molecular complexity index is 1020. The van der Waals surface area contributed by atoms with E-state index in [-0.39, 0.29) is 34.9 Å². The van der Waals surface area contributed by atoms with Crippen molar-refractivity contribution in [3.05, 3.63) is 46.2 Å². The van der Waals surface area contributed by atoms with Crippen LogP contribution >= 0.6 is 11.6 Å². The molecule has 2 aromatic rings. The molecule has 0 saturated carbocycles. The summed E-state index contributed by atoms with van der Waals surface area (Å²) in [7, 11) is 0. The van der Waals surface area contributed by atoms with E-state index in [1.165, 1.54) is 17.0 Å². The van der Waals surface area contributed by atoms with E-state index in [0.29, 0.717) is 5.69 Å². The lowest BCUT2D eigenvalue weighted by Gasteiger charge is -2.43. The third kappa shape index (κ3) is 3.62. The van der Waals surface area contributed by atoms with Gasteiger partial charge in [-0.25, -0.2) is 4.79 Å². The minimum Gasteiger partial charge on any atom is -0.366 e. The van der Waals surface area contributed by atoms with Gasteiger partial charge in [0.1, 0.15) is 5.15 Å². The predicted octanol–water partition coefficient (Wildman–Crippen LogP) is 4.41. The number of rotatable bonds is 2. The van der Waals surface area contributed by atoms with Crippen molar-refractivity contribution >= 4 is 23.5 Å². The van der Waals surface area contributed by atoms with Gasteiger partial charge in [0.25, 0.3) is 5.91 Å². The fourth-order valence-electron chi connectivity index (χ4n) is 4.07. The number of carbonyl (C=O) groups is 2. The second-order valence-corrected chi connectivity index (χ2v) is 8.68. The molecule has 6 nitrogen and oxygen atoms in total. The Hall–Kier alpha value is -2.68. The molecule has 1 aromatic heterocycles. The van der Waals surface area contributed by atoms with Crippen LogP contribution < -0.4 is 11.5 Å². The minimum absolute atomic E-state index is 0.00907. The number of aromatic nitrogens is 1. The Morgan fingerprint density at radius 1 is 1.13 bits per heavy atom. The minimum atomic E-state index is -4.56. The smallest absolute Gasteiger partial charge is 0.366 e. The summed E-state index contributed by atoms with van der Waals surface area (Å²) in [4.78, 5) is 26.0. The third-order valence-corrected chi connectivity index (χ3v) is 5.60. The van der Waals surface area contributed by atoms with Gasteiger partial charge in [-0.1, -0.05) is 44.5 Å². The zero-order valence-corrected chi connectivity index (χ0v) is 17.4. The Kier molecular flexibility index (Phi) is 5.30. The third-order valence-electron chi connectivity index (χ3n) is 5.20. The SMILES string of the molecule is CC(C)(C)C1c2c(C(N)=O)c(-c3cccc(C(F)(F)F)c3)c(Cl)n2CCN1C(N)=O. The molecule has 3 amide bonds. The van der Waals surface area contributed by atoms with Crippen LogP contribution in [0.2, 0.25) is 5.15 Å². The van der Waals surface area contributed by atoms with Crippen molar-refractivity contribution in [3.8, 4) is 11.1 Å². The maximum atomic E-state index is 13.2. The van der Waals surface area contributed by atoms with E-state index < -0.39 is 35.1 Å². The zero-order valence-electron chi connectivity index (χ0n) is 16.7. The molecule has 1 aliphatic heterocycles. The summed E-state index contributed by atoms with van der Waals surface area (Å²) >= 11 is 6.57. The second kappa shape index (κ2) is 7.23. The maximum absolute atomic E-state index is 13.2. The summed E-state index contributed by atoms with van der Waals surface area (Å²) < 4.78 is 41.4. The summed E-state index contributed by atoms with van der Waals surface area (Å²) in [6, 6.07) is 3.22. The van der Waals surface area contributed by atoms with E-state index in [9.17, 15) is 22.8 Å². The van der Waals surface area contributed by atoms with Crippen molar-refractivity contribution < 1.29 is 22.8 Å². The highest BCUT2D eigenvalue weighted by Gasteiger charge is 2.43. The molecule has 0 fully saturated rings. The van der Waals surface area contributed by atoms with Crippen LogP contribution in [0.5, 0.6) is 0 Å². The Morgan fingerprint density at radius 2 is 1.77 bits per heavy atom. The second-order valence-electron chi connectivity index (χ2n) is 8.32. The summed E-state index contributed by atoms with van der Waals surface area (Å²) in [5, 5.41) is 0.0940. The van der Waals surface area contributed by atoms with Crippen molar-refractivity contribution in [2.24, 2.45) is 16.9 Å². The Balaban J connectivity index is 2.35. The quantitative estimate of drug-likeness (QED) is 0.720. The number of fused-ring (bicyclic) bond motifs is 1. The van der Waals surface area contributed by atoms with Crippen LogP contribution in [0.25, 0.3) is 11.1 Å². The molecule has 4 N–H and O–H groups in total. The van der Waals surface area contributed by atoms with Crippen LogP contribution in [0.4, 0.5) is 18.0 Å². The first-order valence-electron chi connectivity index (χ1n) is 9.20. The maximum Gasteiger partial charge on any atom is 0.416 e. The highest BCUT2D eigenvalue weighted by Crippen LogP contribution is 2.48. The van der Waals surface area contributed by atoms with Crippen LogP contribution in [0.15, 0.2) is 24.3 Å². The standard InChI is InChI=1S/C20H22ClF3N4O2/c1-19(2,3)15-14-13(17(25)29)12(10-5-4-6-11(9-10)20(22,23)24)16(21)27(14)7-8-28(15)18(26)30/h4-6,9,15H,7-8H2,1-3H3,(H2,25,29)(H2,26,30). The normalized spacial score (nSPS) is 17.0. The monoisotopic (exact) mass is 442 g/mol. The largest absolute Gasteiger partial charge is 0.416 e. The van der Waals surface area contributed by atoms with Gasteiger partial charge in [0.05, 0.1) is 22.9 Å². The first-order chi connectivity index (χ1) is 13.7. The van der Waals surface area contributed by atoms with Gasteiger partial charge in [-0.05, 0) is 23.1 Å². The molecule has 30 heavy (non-hydrogen) atoms. The number of carbonyl (C=O) groups excluding carboxylic acids is 2. The highest BCUT2D eigenvalue weighted by atomic mass is 35.5. The van der Waals surface area contributed by atoms with Crippen molar-refractivity contribution in [2.45, 2.75) is 39.5 Å². The summed E-state index contributed by atoms with van der Waals surface area (Å²) in [5.41, 5.74) is 10.4. The van der Waals surface area contributed by atoms with Gasteiger partial charge in [-0.2, -0.15) is 13.2 Å². The van der Waals surface area contributed by atoms with Crippen molar-refractivity contribution in [3.63, 3.8) is 0 Å². The molecule has 0 spiro atoms. The first kappa shape index (κ1) is 22.0. The highest BCUT2D eigenvalue weighted by molar-refractivity contribution is 6.33. The van der Waals surface area contributed by atoms with Gasteiger partial charge in [0.2, 0.25) is 0 Å². The van der Waals surface area contributed by atoms with Gasteiger partial charge < -0.3 is 20.9 Å². The molecule has 1 unspecified atom stereocenters.